The second-order valence-electron chi connectivity index (χ2n) is 6.99. The molecule has 1 N–H and O–H groups in total. The number of carboxylic acid groups (broad SMARTS) is 1. The molecule has 7 heteroatoms. The molecule has 5 nitrogen and oxygen atoms in total. The number of thiophene rings is 1. The van der Waals surface area contributed by atoms with Crippen molar-refractivity contribution in [2.75, 3.05) is 20.8 Å². The SMILES string of the molecule is COCCCC(C(=O)O)c1cc(C(=O)c2ccc(OC)cc2)sc1-c1ccc(Cl)cc1. The van der Waals surface area contributed by atoms with E-state index >= 15 is 0 Å². The van der Waals surface area contributed by atoms with Gasteiger partial charge in [0.05, 0.1) is 17.9 Å². The normalized spacial score (nSPS) is 11.8. The van der Waals surface area contributed by atoms with Crippen LogP contribution in [0, 0.1) is 0 Å². The van der Waals surface area contributed by atoms with Crippen molar-refractivity contribution in [3.63, 3.8) is 0 Å². The molecule has 3 aromatic rings. The van der Waals surface area contributed by atoms with Crippen molar-refractivity contribution in [1.82, 2.24) is 0 Å². The summed E-state index contributed by atoms with van der Waals surface area (Å²) in [6.07, 6.45) is 1.02. The van der Waals surface area contributed by atoms with E-state index in [9.17, 15) is 14.7 Å². The van der Waals surface area contributed by atoms with E-state index in [1.165, 1.54) is 11.3 Å². The summed E-state index contributed by atoms with van der Waals surface area (Å²) >= 11 is 7.33. The minimum absolute atomic E-state index is 0.157. The first-order chi connectivity index (χ1) is 14.9. The lowest BCUT2D eigenvalue weighted by molar-refractivity contribution is -0.139. The number of halogens is 1. The van der Waals surface area contributed by atoms with Crippen molar-refractivity contribution in [1.29, 1.82) is 0 Å². The third-order valence-corrected chi connectivity index (χ3v) is 6.41. The highest BCUT2D eigenvalue weighted by Crippen LogP contribution is 2.40. The lowest BCUT2D eigenvalue weighted by Crippen LogP contribution is -2.12. The lowest BCUT2D eigenvalue weighted by atomic mass is 9.92. The highest BCUT2D eigenvalue weighted by atomic mass is 35.5. The summed E-state index contributed by atoms with van der Waals surface area (Å²) < 4.78 is 10.2. The molecule has 0 bridgehead atoms. The number of ketones is 1. The van der Waals surface area contributed by atoms with Crippen LogP contribution >= 0.6 is 22.9 Å². The summed E-state index contributed by atoms with van der Waals surface area (Å²) in [5.41, 5.74) is 1.98. The van der Waals surface area contributed by atoms with Gasteiger partial charge in [0.2, 0.25) is 5.78 Å². The molecule has 0 amide bonds. The van der Waals surface area contributed by atoms with E-state index < -0.39 is 11.9 Å². The molecule has 0 aliphatic rings. The number of ether oxygens (including phenoxy) is 2. The quantitative estimate of drug-likeness (QED) is 0.302. The van der Waals surface area contributed by atoms with E-state index in [-0.39, 0.29) is 5.78 Å². The van der Waals surface area contributed by atoms with Crippen LogP contribution < -0.4 is 4.74 Å². The topological polar surface area (TPSA) is 72.8 Å². The van der Waals surface area contributed by atoms with E-state index in [0.717, 1.165) is 10.4 Å². The molecular formula is C24H23ClO5S. The Morgan fingerprint density at radius 1 is 1.06 bits per heavy atom. The Morgan fingerprint density at radius 2 is 1.74 bits per heavy atom. The molecule has 0 aliphatic heterocycles. The molecule has 3 rings (SSSR count). The van der Waals surface area contributed by atoms with Crippen molar-refractivity contribution < 1.29 is 24.2 Å². The monoisotopic (exact) mass is 458 g/mol. The van der Waals surface area contributed by atoms with Crippen LogP contribution in [0.1, 0.15) is 39.6 Å². The van der Waals surface area contributed by atoms with Gasteiger partial charge < -0.3 is 14.6 Å². The van der Waals surface area contributed by atoms with Gasteiger partial charge in [0, 0.05) is 29.2 Å². The Labute approximate surface area is 190 Å². The molecule has 0 aliphatic carbocycles. The van der Waals surface area contributed by atoms with Crippen LogP contribution in [0.3, 0.4) is 0 Å². The van der Waals surface area contributed by atoms with Crippen LogP contribution in [0.2, 0.25) is 5.02 Å². The predicted octanol–water partition coefficient (Wildman–Crippen LogP) is 5.90. The molecule has 2 aromatic carbocycles. The molecule has 1 heterocycles. The fraction of sp³-hybridized carbons (Fsp3) is 0.250. The van der Waals surface area contributed by atoms with Crippen molar-refractivity contribution >= 4 is 34.7 Å². The number of carbonyl (C=O) groups is 2. The number of carboxylic acids is 1. The summed E-state index contributed by atoms with van der Waals surface area (Å²) in [4.78, 5) is 26.5. The fourth-order valence-electron chi connectivity index (χ4n) is 3.33. The second-order valence-corrected chi connectivity index (χ2v) is 8.47. The fourth-order valence-corrected chi connectivity index (χ4v) is 4.65. The van der Waals surface area contributed by atoms with Crippen molar-refractivity contribution in [3.8, 4) is 16.2 Å². The van der Waals surface area contributed by atoms with E-state index in [0.29, 0.717) is 46.2 Å². The number of carbonyl (C=O) groups excluding carboxylic acids is 1. The molecule has 31 heavy (non-hydrogen) atoms. The summed E-state index contributed by atoms with van der Waals surface area (Å²) in [6.45, 7) is 0.474. The number of methoxy groups -OCH3 is 2. The second kappa shape index (κ2) is 10.6. The largest absolute Gasteiger partial charge is 0.497 e. The summed E-state index contributed by atoms with van der Waals surface area (Å²) in [7, 11) is 3.15. The minimum Gasteiger partial charge on any atom is -0.497 e. The van der Waals surface area contributed by atoms with Crippen LogP contribution in [0.25, 0.3) is 10.4 Å². The van der Waals surface area contributed by atoms with Gasteiger partial charge in [-0.1, -0.05) is 23.7 Å². The molecule has 1 atom stereocenters. The van der Waals surface area contributed by atoms with Crippen LogP contribution in [-0.2, 0) is 9.53 Å². The average molecular weight is 459 g/mol. The van der Waals surface area contributed by atoms with Crippen LogP contribution in [-0.4, -0.2) is 37.7 Å². The van der Waals surface area contributed by atoms with E-state index in [2.05, 4.69) is 0 Å². The molecule has 0 radical (unpaired) electrons. The van der Waals surface area contributed by atoms with Gasteiger partial charge in [0.1, 0.15) is 5.75 Å². The number of hydrogen-bond donors (Lipinski definition) is 1. The maximum Gasteiger partial charge on any atom is 0.311 e. The minimum atomic E-state index is -0.924. The highest BCUT2D eigenvalue weighted by Gasteiger charge is 2.27. The van der Waals surface area contributed by atoms with Crippen LogP contribution in [0.5, 0.6) is 5.75 Å². The van der Waals surface area contributed by atoms with Gasteiger partial charge in [-0.2, -0.15) is 0 Å². The standard InChI is InChI=1S/C24H23ClO5S/c1-29-13-3-4-19(24(27)28)20-14-21(22(26)15-7-11-18(30-2)12-8-15)31-23(20)16-5-9-17(25)10-6-16/h5-12,14,19H,3-4,13H2,1-2H3,(H,27,28). The van der Waals surface area contributed by atoms with Crippen LogP contribution in [0.15, 0.2) is 54.6 Å². The van der Waals surface area contributed by atoms with Crippen LogP contribution in [0.4, 0.5) is 0 Å². The summed E-state index contributed by atoms with van der Waals surface area (Å²) in [6, 6.07) is 15.8. The number of hydrogen-bond acceptors (Lipinski definition) is 5. The first-order valence-electron chi connectivity index (χ1n) is 9.74. The van der Waals surface area contributed by atoms with E-state index in [1.54, 1.807) is 56.7 Å². The molecule has 0 saturated heterocycles. The van der Waals surface area contributed by atoms with Gasteiger partial charge in [-0.15, -0.1) is 11.3 Å². The molecule has 162 valence electrons. The van der Waals surface area contributed by atoms with E-state index in [1.807, 2.05) is 12.1 Å². The van der Waals surface area contributed by atoms with Crippen molar-refractivity contribution in [3.05, 3.63) is 75.6 Å². The Kier molecular flexibility index (Phi) is 7.85. The van der Waals surface area contributed by atoms with Gasteiger partial charge >= 0.3 is 5.97 Å². The number of benzene rings is 2. The Hall–Kier alpha value is -2.67. The molecular weight excluding hydrogens is 436 g/mol. The summed E-state index contributed by atoms with van der Waals surface area (Å²) in [5.74, 6) is -1.16. The number of rotatable bonds is 10. The van der Waals surface area contributed by atoms with E-state index in [4.69, 9.17) is 21.1 Å². The third kappa shape index (κ3) is 5.53. The summed E-state index contributed by atoms with van der Waals surface area (Å²) in [5, 5.41) is 10.5. The Morgan fingerprint density at radius 3 is 2.32 bits per heavy atom. The van der Waals surface area contributed by atoms with Crippen molar-refractivity contribution in [2.45, 2.75) is 18.8 Å². The third-order valence-electron chi connectivity index (χ3n) is 4.96. The maximum atomic E-state index is 13.1. The van der Waals surface area contributed by atoms with Gasteiger partial charge in [0.25, 0.3) is 0 Å². The lowest BCUT2D eigenvalue weighted by Gasteiger charge is -2.13. The Balaban J connectivity index is 2.04. The number of aliphatic carboxylic acids is 1. The zero-order chi connectivity index (χ0) is 22.4. The van der Waals surface area contributed by atoms with Gasteiger partial charge in [-0.3, -0.25) is 9.59 Å². The van der Waals surface area contributed by atoms with Gasteiger partial charge in [-0.05, 0) is 66.4 Å². The Bertz CT molecular complexity index is 1040. The van der Waals surface area contributed by atoms with Gasteiger partial charge in [-0.25, -0.2) is 0 Å². The van der Waals surface area contributed by atoms with Gasteiger partial charge in [0.15, 0.2) is 0 Å². The maximum absolute atomic E-state index is 13.1. The predicted molar refractivity (Wildman–Crippen MR) is 123 cm³/mol. The zero-order valence-electron chi connectivity index (χ0n) is 17.3. The smallest absolute Gasteiger partial charge is 0.311 e. The molecule has 1 unspecified atom stereocenters. The average Bonchev–Trinajstić information content (AvgIpc) is 3.21. The molecule has 0 saturated carbocycles. The molecule has 1 aromatic heterocycles. The van der Waals surface area contributed by atoms with Crippen molar-refractivity contribution in [2.24, 2.45) is 0 Å². The zero-order valence-corrected chi connectivity index (χ0v) is 18.8. The molecule has 0 spiro atoms. The first-order valence-corrected chi connectivity index (χ1v) is 10.9. The molecule has 0 fully saturated rings. The highest BCUT2D eigenvalue weighted by molar-refractivity contribution is 7.17. The first kappa shape index (κ1) is 23.0.